The molecule has 0 atom stereocenters. The maximum absolute atomic E-state index is 8.43. The van der Waals surface area contributed by atoms with Gasteiger partial charge in [-0.2, -0.15) is 0 Å². The summed E-state index contributed by atoms with van der Waals surface area (Å²) in [6.45, 7) is 0.866. The van der Waals surface area contributed by atoms with Gasteiger partial charge in [0, 0.05) is 0 Å². The molecular formula is C18H18N2O4. The molecule has 0 heterocycles. The number of rotatable bonds is 8. The highest BCUT2D eigenvalue weighted by atomic mass is 16.5. The van der Waals surface area contributed by atoms with E-state index >= 15 is 0 Å². The first kappa shape index (κ1) is 17.1. The van der Waals surface area contributed by atoms with Gasteiger partial charge in [-0.1, -0.05) is 10.3 Å². The second kappa shape index (κ2) is 9.68. The van der Waals surface area contributed by atoms with E-state index in [0.717, 1.165) is 22.6 Å². The molecule has 6 heteroatoms. The Morgan fingerprint density at radius 1 is 0.667 bits per heavy atom. The Labute approximate surface area is 140 Å². The minimum atomic E-state index is 0.433. The van der Waals surface area contributed by atoms with Gasteiger partial charge in [0.05, 0.1) is 12.4 Å². The fourth-order valence-corrected chi connectivity index (χ4v) is 1.86. The third-order valence-electron chi connectivity index (χ3n) is 3.03. The van der Waals surface area contributed by atoms with Gasteiger partial charge in [-0.25, -0.2) is 0 Å². The monoisotopic (exact) mass is 326 g/mol. The van der Waals surface area contributed by atoms with Crippen molar-refractivity contribution in [2.45, 2.75) is 0 Å². The molecule has 0 unspecified atom stereocenters. The smallest absolute Gasteiger partial charge is 0.119 e. The van der Waals surface area contributed by atoms with Crippen LogP contribution in [0.25, 0.3) is 0 Å². The lowest BCUT2D eigenvalue weighted by Gasteiger charge is -2.04. The molecule has 0 saturated carbocycles. The molecule has 6 nitrogen and oxygen atoms in total. The van der Waals surface area contributed by atoms with E-state index in [2.05, 4.69) is 10.3 Å². The number of oxime groups is 2. The zero-order valence-corrected chi connectivity index (χ0v) is 12.9. The van der Waals surface area contributed by atoms with E-state index in [4.69, 9.17) is 19.9 Å². The van der Waals surface area contributed by atoms with Crippen LogP contribution in [0.15, 0.2) is 71.0 Å². The Bertz CT molecular complexity index is 630. The molecular weight excluding hydrogens is 308 g/mol. The van der Waals surface area contributed by atoms with E-state index in [1.165, 1.54) is 12.4 Å². The predicted octanol–water partition coefficient (Wildman–Crippen LogP) is 3.32. The molecule has 0 saturated heterocycles. The predicted molar refractivity (Wildman–Crippen MR) is 91.8 cm³/mol. The van der Waals surface area contributed by atoms with Crippen molar-refractivity contribution in [3.05, 3.63) is 71.8 Å². The van der Waals surface area contributed by atoms with Crippen molar-refractivity contribution in [2.75, 3.05) is 13.2 Å². The van der Waals surface area contributed by atoms with Crippen molar-refractivity contribution in [2.24, 2.45) is 10.3 Å². The maximum atomic E-state index is 8.43. The Morgan fingerprint density at radius 3 is 1.38 bits per heavy atom. The Hall–Kier alpha value is -3.28. The van der Waals surface area contributed by atoms with E-state index < -0.39 is 0 Å². The molecule has 0 aliphatic heterocycles. The number of nitrogens with zero attached hydrogens (tertiary/aromatic N) is 2. The average Bonchev–Trinajstić information content (AvgIpc) is 2.61. The molecule has 0 amide bonds. The SMILES string of the molecule is ON=Cc1ccc(OC/C=C\COc2ccc(C=NO)cc2)cc1. The highest BCUT2D eigenvalue weighted by Crippen LogP contribution is 2.12. The van der Waals surface area contributed by atoms with Crippen molar-refractivity contribution in [1.29, 1.82) is 0 Å². The number of benzene rings is 2. The van der Waals surface area contributed by atoms with Gasteiger partial charge < -0.3 is 19.9 Å². The number of ether oxygens (including phenoxy) is 2. The van der Waals surface area contributed by atoms with E-state index in [1.807, 2.05) is 12.2 Å². The second-order valence-corrected chi connectivity index (χ2v) is 4.72. The van der Waals surface area contributed by atoms with Crippen LogP contribution in [0.3, 0.4) is 0 Å². The first-order valence-electron chi connectivity index (χ1n) is 7.27. The van der Waals surface area contributed by atoms with Crippen LogP contribution in [-0.4, -0.2) is 36.1 Å². The van der Waals surface area contributed by atoms with Crippen molar-refractivity contribution in [3.8, 4) is 11.5 Å². The van der Waals surface area contributed by atoms with Gasteiger partial charge in [-0.05, 0) is 71.8 Å². The summed E-state index contributed by atoms with van der Waals surface area (Å²) in [5.41, 5.74) is 1.59. The maximum Gasteiger partial charge on any atom is 0.119 e. The Morgan fingerprint density at radius 2 is 1.04 bits per heavy atom. The molecule has 2 aromatic rings. The van der Waals surface area contributed by atoms with Crippen LogP contribution in [0.1, 0.15) is 11.1 Å². The van der Waals surface area contributed by atoms with Crippen LogP contribution in [0, 0.1) is 0 Å². The molecule has 0 aliphatic carbocycles. The normalized spacial score (nSPS) is 11.5. The van der Waals surface area contributed by atoms with Crippen LogP contribution in [0.5, 0.6) is 11.5 Å². The lowest BCUT2D eigenvalue weighted by Crippen LogP contribution is -1.97. The standard InChI is InChI=1S/C18H18N2O4/c21-19-13-15-3-7-17(8-4-15)23-11-1-2-12-24-18-9-5-16(6-10-18)14-20-22/h1-10,13-14,21-22H,11-12H2/b2-1-,19-13?,20-14?. The summed E-state index contributed by atoms with van der Waals surface area (Å²) in [6, 6.07) is 14.4. The number of hydrogen-bond acceptors (Lipinski definition) is 6. The molecule has 24 heavy (non-hydrogen) atoms. The van der Waals surface area contributed by atoms with Crippen molar-refractivity contribution in [3.63, 3.8) is 0 Å². The van der Waals surface area contributed by atoms with E-state index in [9.17, 15) is 0 Å². The lowest BCUT2D eigenvalue weighted by atomic mass is 10.2. The van der Waals surface area contributed by atoms with Gasteiger partial charge in [0.15, 0.2) is 0 Å². The van der Waals surface area contributed by atoms with Crippen LogP contribution in [0.4, 0.5) is 0 Å². The van der Waals surface area contributed by atoms with Gasteiger partial charge in [0.25, 0.3) is 0 Å². The van der Waals surface area contributed by atoms with E-state index in [1.54, 1.807) is 48.5 Å². The summed E-state index contributed by atoms with van der Waals surface area (Å²) in [5.74, 6) is 1.47. The van der Waals surface area contributed by atoms with Gasteiger partial charge in [-0.3, -0.25) is 0 Å². The summed E-state index contributed by atoms with van der Waals surface area (Å²) < 4.78 is 11.1. The van der Waals surface area contributed by atoms with E-state index in [0.29, 0.717) is 13.2 Å². The molecule has 2 N–H and O–H groups in total. The van der Waals surface area contributed by atoms with Crippen molar-refractivity contribution >= 4 is 12.4 Å². The molecule has 0 spiro atoms. The third-order valence-corrected chi connectivity index (χ3v) is 3.03. The number of hydrogen-bond donors (Lipinski definition) is 2. The second-order valence-electron chi connectivity index (χ2n) is 4.72. The summed E-state index contributed by atoms with van der Waals surface area (Å²) in [6.07, 6.45) is 6.44. The third kappa shape index (κ3) is 5.84. The van der Waals surface area contributed by atoms with Gasteiger partial charge in [0.1, 0.15) is 24.7 Å². The highest BCUT2D eigenvalue weighted by Gasteiger charge is 1.94. The largest absolute Gasteiger partial charge is 0.490 e. The molecule has 0 aliphatic rings. The topological polar surface area (TPSA) is 83.6 Å². The molecule has 0 bridgehead atoms. The summed E-state index contributed by atoms with van der Waals surface area (Å²) in [5, 5.41) is 22.8. The fourth-order valence-electron chi connectivity index (χ4n) is 1.86. The van der Waals surface area contributed by atoms with Crippen LogP contribution in [-0.2, 0) is 0 Å². The molecule has 2 rings (SSSR count). The summed E-state index contributed by atoms with van der Waals surface area (Å²) >= 11 is 0. The molecule has 0 aromatic heterocycles. The Balaban J connectivity index is 1.69. The molecule has 2 aromatic carbocycles. The highest BCUT2D eigenvalue weighted by molar-refractivity contribution is 5.79. The molecule has 0 fully saturated rings. The fraction of sp³-hybridized carbons (Fsp3) is 0.111. The van der Waals surface area contributed by atoms with Gasteiger partial charge in [-0.15, -0.1) is 0 Å². The first-order chi connectivity index (χ1) is 11.8. The lowest BCUT2D eigenvalue weighted by molar-refractivity contribution is 0.321. The summed E-state index contributed by atoms with van der Waals surface area (Å²) in [7, 11) is 0. The molecule has 0 radical (unpaired) electrons. The summed E-state index contributed by atoms with van der Waals surface area (Å²) in [4.78, 5) is 0. The average molecular weight is 326 g/mol. The zero-order chi connectivity index (χ0) is 17.0. The quantitative estimate of drug-likeness (QED) is 0.337. The van der Waals surface area contributed by atoms with E-state index in [-0.39, 0.29) is 0 Å². The van der Waals surface area contributed by atoms with Crippen molar-refractivity contribution in [1.82, 2.24) is 0 Å². The van der Waals surface area contributed by atoms with Crippen LogP contribution >= 0.6 is 0 Å². The zero-order valence-electron chi connectivity index (χ0n) is 12.9. The first-order valence-corrected chi connectivity index (χ1v) is 7.27. The van der Waals surface area contributed by atoms with Crippen LogP contribution in [0.2, 0.25) is 0 Å². The van der Waals surface area contributed by atoms with Gasteiger partial charge >= 0.3 is 0 Å². The molecule has 124 valence electrons. The van der Waals surface area contributed by atoms with Crippen molar-refractivity contribution < 1.29 is 19.9 Å². The Kier molecular flexibility index (Phi) is 6.89. The van der Waals surface area contributed by atoms with Gasteiger partial charge in [0.2, 0.25) is 0 Å². The minimum absolute atomic E-state index is 0.433. The minimum Gasteiger partial charge on any atom is -0.490 e. The van der Waals surface area contributed by atoms with Crippen LogP contribution < -0.4 is 9.47 Å².